The van der Waals surface area contributed by atoms with Gasteiger partial charge in [0.2, 0.25) is 0 Å². The number of aliphatic imine (C=N–C) groups is 1. The van der Waals surface area contributed by atoms with Gasteiger partial charge in [0.05, 0.1) is 17.3 Å². The third-order valence-corrected chi connectivity index (χ3v) is 2.87. The van der Waals surface area contributed by atoms with Gasteiger partial charge in [0.1, 0.15) is 0 Å². The van der Waals surface area contributed by atoms with E-state index in [2.05, 4.69) is 11.1 Å². The second-order valence-corrected chi connectivity index (χ2v) is 4.47. The molecule has 0 heterocycles. The molecule has 0 saturated heterocycles. The molecule has 0 saturated carbocycles. The van der Waals surface area contributed by atoms with Gasteiger partial charge < -0.3 is 10.6 Å². The normalized spacial score (nSPS) is 10.9. The molecule has 2 N–H and O–H groups in total. The summed E-state index contributed by atoms with van der Waals surface area (Å²) in [5.74, 6) is 0.443. The van der Waals surface area contributed by atoms with Crippen molar-refractivity contribution in [1.29, 1.82) is 5.26 Å². The summed E-state index contributed by atoms with van der Waals surface area (Å²) in [7, 11) is 1.88. The van der Waals surface area contributed by atoms with Gasteiger partial charge in [0, 0.05) is 13.6 Å². The highest BCUT2D eigenvalue weighted by atomic mass is 15.2. The van der Waals surface area contributed by atoms with Crippen molar-refractivity contribution in [2.24, 2.45) is 10.7 Å². The van der Waals surface area contributed by atoms with Crippen molar-refractivity contribution in [2.45, 2.75) is 6.54 Å². The molecule has 20 heavy (non-hydrogen) atoms. The molecule has 100 valence electrons. The number of benzene rings is 2. The van der Waals surface area contributed by atoms with E-state index in [4.69, 9.17) is 11.0 Å². The molecule has 0 fully saturated rings. The molecule has 0 bridgehead atoms. The van der Waals surface area contributed by atoms with Gasteiger partial charge in [-0.2, -0.15) is 5.26 Å². The van der Waals surface area contributed by atoms with E-state index in [-0.39, 0.29) is 0 Å². The van der Waals surface area contributed by atoms with Gasteiger partial charge in [-0.1, -0.05) is 30.3 Å². The zero-order valence-electron chi connectivity index (χ0n) is 11.3. The topological polar surface area (TPSA) is 65.4 Å². The Hall–Kier alpha value is -2.80. The van der Waals surface area contributed by atoms with E-state index >= 15 is 0 Å². The lowest BCUT2D eigenvalue weighted by atomic mass is 10.1. The zero-order valence-corrected chi connectivity index (χ0v) is 11.3. The monoisotopic (exact) mass is 264 g/mol. The van der Waals surface area contributed by atoms with E-state index in [1.165, 1.54) is 0 Å². The van der Waals surface area contributed by atoms with E-state index in [9.17, 15) is 0 Å². The predicted molar refractivity (Wildman–Crippen MR) is 80.3 cm³/mol. The molecule has 0 amide bonds. The maximum atomic E-state index is 8.89. The SMILES string of the molecule is CN(Cc1cccc(C#N)c1)C(N)=Nc1ccccc1. The van der Waals surface area contributed by atoms with E-state index in [1.54, 1.807) is 6.07 Å². The van der Waals surface area contributed by atoms with Crippen LogP contribution in [-0.4, -0.2) is 17.9 Å². The lowest BCUT2D eigenvalue weighted by Crippen LogP contribution is -2.33. The summed E-state index contributed by atoms with van der Waals surface area (Å²) in [5, 5.41) is 8.89. The Morgan fingerprint density at radius 2 is 1.95 bits per heavy atom. The third kappa shape index (κ3) is 3.59. The van der Waals surface area contributed by atoms with Crippen molar-refractivity contribution in [3.8, 4) is 6.07 Å². The van der Waals surface area contributed by atoms with Gasteiger partial charge in [-0.3, -0.25) is 0 Å². The first-order chi connectivity index (χ1) is 9.69. The molecule has 4 heteroatoms. The number of nitrogens with zero attached hydrogens (tertiary/aromatic N) is 3. The number of rotatable bonds is 3. The average Bonchev–Trinajstić information content (AvgIpc) is 2.48. The van der Waals surface area contributed by atoms with Crippen LogP contribution in [-0.2, 0) is 6.54 Å². The van der Waals surface area contributed by atoms with Gasteiger partial charge in [0.15, 0.2) is 5.96 Å². The Morgan fingerprint density at radius 1 is 1.20 bits per heavy atom. The fourth-order valence-electron chi connectivity index (χ4n) is 1.81. The summed E-state index contributed by atoms with van der Waals surface area (Å²) in [6, 6.07) is 19.2. The van der Waals surface area contributed by atoms with E-state index in [0.29, 0.717) is 18.1 Å². The lowest BCUT2D eigenvalue weighted by molar-refractivity contribution is 0.495. The molecule has 4 nitrogen and oxygen atoms in total. The summed E-state index contributed by atoms with van der Waals surface area (Å²) in [6.07, 6.45) is 0. The molecular weight excluding hydrogens is 248 g/mol. The van der Waals surface area contributed by atoms with Gasteiger partial charge >= 0.3 is 0 Å². The summed E-state index contributed by atoms with van der Waals surface area (Å²) in [6.45, 7) is 0.609. The summed E-state index contributed by atoms with van der Waals surface area (Å²) >= 11 is 0. The van der Waals surface area contributed by atoms with E-state index in [0.717, 1.165) is 11.3 Å². The van der Waals surface area contributed by atoms with E-state index < -0.39 is 0 Å². The highest BCUT2D eigenvalue weighted by Crippen LogP contribution is 2.11. The number of nitriles is 1. The fourth-order valence-corrected chi connectivity index (χ4v) is 1.81. The van der Waals surface area contributed by atoms with Crippen LogP contribution in [0.25, 0.3) is 0 Å². The van der Waals surface area contributed by atoms with Crippen LogP contribution in [0.1, 0.15) is 11.1 Å². The molecule has 0 atom stereocenters. The molecule has 0 unspecified atom stereocenters. The largest absolute Gasteiger partial charge is 0.369 e. The molecule has 0 spiro atoms. The van der Waals surface area contributed by atoms with Crippen LogP contribution in [0.4, 0.5) is 5.69 Å². The maximum Gasteiger partial charge on any atom is 0.196 e. The minimum atomic E-state index is 0.443. The van der Waals surface area contributed by atoms with Gasteiger partial charge in [-0.15, -0.1) is 0 Å². The number of para-hydroxylation sites is 1. The van der Waals surface area contributed by atoms with Crippen molar-refractivity contribution in [3.05, 3.63) is 65.7 Å². The smallest absolute Gasteiger partial charge is 0.196 e. The Morgan fingerprint density at radius 3 is 2.65 bits per heavy atom. The number of hydrogen-bond acceptors (Lipinski definition) is 2. The molecule has 2 rings (SSSR count). The first-order valence-corrected chi connectivity index (χ1v) is 6.28. The number of hydrogen-bond donors (Lipinski definition) is 1. The molecular formula is C16H16N4. The van der Waals surface area contributed by atoms with Crippen molar-refractivity contribution in [3.63, 3.8) is 0 Å². The first-order valence-electron chi connectivity index (χ1n) is 6.28. The van der Waals surface area contributed by atoms with Crippen LogP contribution in [0.3, 0.4) is 0 Å². The number of guanidine groups is 1. The second-order valence-electron chi connectivity index (χ2n) is 4.47. The average molecular weight is 264 g/mol. The minimum absolute atomic E-state index is 0.443. The Kier molecular flexibility index (Phi) is 4.35. The van der Waals surface area contributed by atoms with Crippen LogP contribution in [0, 0.1) is 11.3 Å². The molecule has 0 aliphatic rings. The molecule has 0 aromatic heterocycles. The molecule has 0 aliphatic carbocycles. The van der Waals surface area contributed by atoms with Crippen LogP contribution in [0.5, 0.6) is 0 Å². The van der Waals surface area contributed by atoms with Gasteiger partial charge in [-0.05, 0) is 29.8 Å². The summed E-state index contributed by atoms with van der Waals surface area (Å²) in [5.41, 5.74) is 8.47. The Labute approximate surface area is 118 Å². The minimum Gasteiger partial charge on any atom is -0.369 e. The van der Waals surface area contributed by atoms with Crippen molar-refractivity contribution in [2.75, 3.05) is 7.05 Å². The first kappa shape index (κ1) is 13.6. The standard InChI is InChI=1S/C16H16N4/c1-20(12-14-7-5-6-13(10-14)11-17)16(18)19-15-8-3-2-4-9-15/h2-10H,12H2,1H3,(H2,18,19). The zero-order chi connectivity index (χ0) is 14.4. The van der Waals surface area contributed by atoms with Crippen molar-refractivity contribution < 1.29 is 0 Å². The van der Waals surface area contributed by atoms with Crippen molar-refractivity contribution >= 4 is 11.6 Å². The maximum absolute atomic E-state index is 8.89. The quantitative estimate of drug-likeness (QED) is 0.684. The third-order valence-electron chi connectivity index (χ3n) is 2.87. The van der Waals surface area contributed by atoms with Crippen LogP contribution < -0.4 is 5.73 Å². The van der Waals surface area contributed by atoms with Gasteiger partial charge in [-0.25, -0.2) is 4.99 Å². The number of nitrogens with two attached hydrogens (primary N) is 1. The van der Waals surface area contributed by atoms with Gasteiger partial charge in [0.25, 0.3) is 0 Å². The van der Waals surface area contributed by atoms with E-state index in [1.807, 2.05) is 60.5 Å². The highest BCUT2D eigenvalue weighted by molar-refractivity contribution is 5.80. The Bertz CT molecular complexity index is 641. The molecule has 2 aromatic carbocycles. The van der Waals surface area contributed by atoms with Crippen LogP contribution >= 0.6 is 0 Å². The predicted octanol–water partition coefficient (Wildman–Crippen LogP) is 2.64. The van der Waals surface area contributed by atoms with Crippen LogP contribution in [0.15, 0.2) is 59.6 Å². The molecule has 0 aliphatic heterocycles. The molecule has 0 radical (unpaired) electrons. The van der Waals surface area contributed by atoms with Crippen molar-refractivity contribution in [1.82, 2.24) is 4.90 Å². The summed E-state index contributed by atoms with van der Waals surface area (Å²) in [4.78, 5) is 6.20. The fraction of sp³-hybridized carbons (Fsp3) is 0.125. The lowest BCUT2D eigenvalue weighted by Gasteiger charge is -2.18. The highest BCUT2D eigenvalue weighted by Gasteiger charge is 2.04. The van der Waals surface area contributed by atoms with Crippen LogP contribution in [0.2, 0.25) is 0 Å². The summed E-state index contributed by atoms with van der Waals surface area (Å²) < 4.78 is 0. The second kappa shape index (κ2) is 6.39. The molecule has 2 aromatic rings. The Balaban J connectivity index is 2.09.